The zero-order valence-corrected chi connectivity index (χ0v) is 12.9. The van der Waals surface area contributed by atoms with Crippen molar-refractivity contribution in [3.63, 3.8) is 0 Å². The van der Waals surface area contributed by atoms with Crippen LogP contribution >= 0.6 is 27.5 Å². The van der Waals surface area contributed by atoms with Crippen LogP contribution in [-0.2, 0) is 0 Å². The van der Waals surface area contributed by atoms with E-state index in [1.165, 1.54) is 5.57 Å². The van der Waals surface area contributed by atoms with Gasteiger partial charge in [0, 0.05) is 13.1 Å². The number of nitrogens with zero attached hydrogens (tertiary/aromatic N) is 1. The first kappa shape index (κ1) is 13.5. The monoisotopic (exact) mass is 350 g/mol. The average molecular weight is 352 g/mol. The van der Waals surface area contributed by atoms with Crippen molar-refractivity contribution < 1.29 is 4.79 Å². The number of hydrogen-bond donors (Lipinski definition) is 1. The second-order valence-corrected chi connectivity index (χ2v) is 5.86. The van der Waals surface area contributed by atoms with Crippen LogP contribution in [0.15, 0.2) is 46.9 Å². The summed E-state index contributed by atoms with van der Waals surface area (Å²) < 4.78 is 0.706. The molecule has 3 nitrogen and oxygen atoms in total. The molecule has 0 fully saturated rings. The first-order chi connectivity index (χ1) is 9.65. The topological polar surface area (TPSA) is 36.1 Å². The smallest absolute Gasteiger partial charge is 0.270 e. The van der Waals surface area contributed by atoms with Crippen molar-refractivity contribution >= 4 is 39.0 Å². The van der Waals surface area contributed by atoms with E-state index in [9.17, 15) is 4.79 Å². The normalized spacial score (nSPS) is 14.5. The van der Waals surface area contributed by atoms with E-state index in [2.05, 4.69) is 39.1 Å². The molecule has 1 aromatic heterocycles. The number of amides is 1. The summed E-state index contributed by atoms with van der Waals surface area (Å²) >= 11 is 9.21. The van der Waals surface area contributed by atoms with E-state index < -0.39 is 0 Å². The van der Waals surface area contributed by atoms with E-state index in [-0.39, 0.29) is 5.91 Å². The number of benzene rings is 1. The summed E-state index contributed by atoms with van der Waals surface area (Å²) in [6, 6.07) is 11.8. The molecule has 0 spiro atoms. The highest BCUT2D eigenvalue weighted by Gasteiger charge is 2.23. The third-order valence-electron chi connectivity index (χ3n) is 3.31. The highest BCUT2D eigenvalue weighted by molar-refractivity contribution is 9.10. The van der Waals surface area contributed by atoms with Crippen molar-refractivity contribution in [2.75, 3.05) is 13.1 Å². The van der Waals surface area contributed by atoms with Crippen LogP contribution in [0.4, 0.5) is 0 Å². The molecule has 20 heavy (non-hydrogen) atoms. The lowest BCUT2D eigenvalue weighted by Gasteiger charge is -2.15. The molecule has 5 heteroatoms. The molecule has 1 N–H and O–H groups in total. The van der Waals surface area contributed by atoms with Crippen LogP contribution in [0.3, 0.4) is 0 Å². The Morgan fingerprint density at radius 1 is 1.30 bits per heavy atom. The Morgan fingerprint density at radius 2 is 2.05 bits per heavy atom. The molecule has 0 atom stereocenters. The van der Waals surface area contributed by atoms with Crippen molar-refractivity contribution in [2.24, 2.45) is 0 Å². The van der Waals surface area contributed by atoms with Gasteiger partial charge in [0.2, 0.25) is 0 Å². The van der Waals surface area contributed by atoms with Gasteiger partial charge in [-0.2, -0.15) is 0 Å². The number of halogens is 2. The predicted molar refractivity (Wildman–Crippen MR) is 83.8 cm³/mol. The largest absolute Gasteiger partial charge is 0.341 e. The molecule has 1 aliphatic heterocycles. The van der Waals surface area contributed by atoms with Gasteiger partial charge in [-0.3, -0.25) is 4.79 Å². The van der Waals surface area contributed by atoms with Gasteiger partial charge in [-0.1, -0.05) is 48.0 Å². The molecule has 0 aliphatic carbocycles. The minimum absolute atomic E-state index is 0.0419. The van der Waals surface area contributed by atoms with Crippen LogP contribution < -0.4 is 0 Å². The molecule has 1 aliphatic rings. The standard InChI is InChI=1S/C15H12BrClN2O/c16-12-8-13(18-14(12)17)15(20)19-7-6-11(9-19)10-4-2-1-3-5-10/h1-6,8,18H,7,9H2. The Kier molecular flexibility index (Phi) is 3.68. The maximum atomic E-state index is 12.4. The van der Waals surface area contributed by atoms with Gasteiger partial charge in [0.05, 0.1) is 4.47 Å². The molecule has 1 amide bonds. The third kappa shape index (κ3) is 2.53. The lowest BCUT2D eigenvalue weighted by atomic mass is 10.1. The molecule has 0 bridgehead atoms. The van der Waals surface area contributed by atoms with Crippen LogP contribution in [0, 0.1) is 0 Å². The minimum atomic E-state index is -0.0419. The lowest BCUT2D eigenvalue weighted by Crippen LogP contribution is -2.29. The van der Waals surface area contributed by atoms with Crippen LogP contribution in [0.25, 0.3) is 5.57 Å². The van der Waals surface area contributed by atoms with Gasteiger partial charge in [-0.05, 0) is 33.1 Å². The van der Waals surface area contributed by atoms with E-state index in [4.69, 9.17) is 11.6 Å². The van der Waals surface area contributed by atoms with Gasteiger partial charge in [0.1, 0.15) is 10.8 Å². The highest BCUT2D eigenvalue weighted by atomic mass is 79.9. The zero-order chi connectivity index (χ0) is 14.1. The van der Waals surface area contributed by atoms with Crippen LogP contribution in [-0.4, -0.2) is 28.9 Å². The van der Waals surface area contributed by atoms with Crippen molar-refractivity contribution in [3.05, 3.63) is 63.4 Å². The molecule has 102 valence electrons. The van der Waals surface area contributed by atoms with Crippen molar-refractivity contribution in [1.82, 2.24) is 9.88 Å². The Bertz CT molecular complexity index is 659. The number of nitrogens with one attached hydrogen (secondary N) is 1. The molecule has 0 saturated carbocycles. The average Bonchev–Trinajstić information content (AvgIpc) is 3.07. The van der Waals surface area contributed by atoms with Crippen molar-refractivity contribution in [2.45, 2.75) is 0 Å². The van der Waals surface area contributed by atoms with Gasteiger partial charge in [0.15, 0.2) is 0 Å². The first-order valence-electron chi connectivity index (χ1n) is 6.23. The van der Waals surface area contributed by atoms with E-state index in [1.807, 2.05) is 18.2 Å². The van der Waals surface area contributed by atoms with Crippen LogP contribution in [0.2, 0.25) is 5.15 Å². The summed E-state index contributed by atoms with van der Waals surface area (Å²) in [5.74, 6) is -0.0419. The summed E-state index contributed by atoms with van der Waals surface area (Å²) in [4.78, 5) is 17.0. The Hall–Kier alpha value is -1.52. The lowest BCUT2D eigenvalue weighted by molar-refractivity contribution is 0.0796. The summed E-state index contributed by atoms with van der Waals surface area (Å²) in [5.41, 5.74) is 2.84. The van der Waals surface area contributed by atoms with E-state index >= 15 is 0 Å². The van der Waals surface area contributed by atoms with E-state index in [0.29, 0.717) is 28.4 Å². The van der Waals surface area contributed by atoms with Gasteiger partial charge >= 0.3 is 0 Å². The molecule has 0 radical (unpaired) electrons. The Morgan fingerprint density at radius 3 is 2.70 bits per heavy atom. The van der Waals surface area contributed by atoms with E-state index in [1.54, 1.807) is 11.0 Å². The van der Waals surface area contributed by atoms with Crippen molar-refractivity contribution in [1.29, 1.82) is 0 Å². The maximum Gasteiger partial charge on any atom is 0.270 e. The molecule has 3 rings (SSSR count). The number of carbonyl (C=O) groups is 1. The number of rotatable bonds is 2. The molecular weight excluding hydrogens is 340 g/mol. The second kappa shape index (κ2) is 5.46. The fraction of sp³-hybridized carbons (Fsp3) is 0.133. The Labute approximate surface area is 130 Å². The number of aromatic amines is 1. The van der Waals surface area contributed by atoms with Gasteiger partial charge in [-0.25, -0.2) is 0 Å². The van der Waals surface area contributed by atoms with Crippen LogP contribution in [0.5, 0.6) is 0 Å². The Balaban J connectivity index is 1.74. The number of hydrogen-bond acceptors (Lipinski definition) is 1. The summed E-state index contributed by atoms with van der Waals surface area (Å²) in [6.45, 7) is 1.24. The number of aromatic nitrogens is 1. The third-order valence-corrected chi connectivity index (χ3v) is 4.46. The second-order valence-electron chi connectivity index (χ2n) is 4.63. The van der Waals surface area contributed by atoms with Gasteiger partial charge in [0.25, 0.3) is 5.91 Å². The predicted octanol–water partition coefficient (Wildman–Crippen LogP) is 3.97. The molecule has 2 heterocycles. The highest BCUT2D eigenvalue weighted by Crippen LogP contribution is 2.26. The minimum Gasteiger partial charge on any atom is -0.341 e. The van der Waals surface area contributed by atoms with Gasteiger partial charge < -0.3 is 9.88 Å². The number of carbonyl (C=O) groups excluding carboxylic acids is 1. The fourth-order valence-electron chi connectivity index (χ4n) is 2.26. The first-order valence-corrected chi connectivity index (χ1v) is 7.40. The van der Waals surface area contributed by atoms with E-state index in [0.717, 1.165) is 5.56 Å². The SMILES string of the molecule is O=C(c1cc(Br)c(Cl)[nH]1)N1CC=C(c2ccccc2)C1. The maximum absolute atomic E-state index is 12.4. The molecular formula is C15H12BrClN2O. The fourth-order valence-corrected chi connectivity index (χ4v) is 2.75. The van der Waals surface area contributed by atoms with Crippen LogP contribution in [0.1, 0.15) is 16.1 Å². The molecule has 0 saturated heterocycles. The summed E-state index contributed by atoms with van der Waals surface area (Å²) in [6.07, 6.45) is 2.09. The summed E-state index contributed by atoms with van der Waals surface area (Å²) in [7, 11) is 0. The number of H-pyrrole nitrogens is 1. The zero-order valence-electron chi connectivity index (χ0n) is 10.6. The van der Waals surface area contributed by atoms with Crippen molar-refractivity contribution in [3.8, 4) is 0 Å². The quantitative estimate of drug-likeness (QED) is 0.873. The van der Waals surface area contributed by atoms with Gasteiger partial charge in [-0.15, -0.1) is 0 Å². The molecule has 0 unspecified atom stereocenters. The summed E-state index contributed by atoms with van der Waals surface area (Å²) in [5, 5.41) is 0.448. The molecule has 2 aromatic rings. The molecule has 1 aromatic carbocycles.